The number of benzene rings is 1. The Morgan fingerprint density at radius 1 is 1.58 bits per heavy atom. The molecule has 0 spiro atoms. The van der Waals surface area contributed by atoms with Crippen LogP contribution in [0.1, 0.15) is 18.4 Å². The number of methoxy groups -OCH3 is 1. The van der Waals surface area contributed by atoms with Crippen LogP contribution in [0, 0.1) is 0 Å². The number of halogens is 1. The minimum Gasteiger partial charge on any atom is -0.496 e. The van der Waals surface area contributed by atoms with E-state index in [1.807, 2.05) is 0 Å². The molecule has 1 aromatic rings. The molecule has 0 bridgehead atoms. The second kappa shape index (κ2) is 6.78. The predicted molar refractivity (Wildman–Crippen MR) is 75.7 cm³/mol. The number of carbonyl (C=O) groups excluding carboxylic acids is 1. The van der Waals surface area contributed by atoms with Gasteiger partial charge in [-0.2, -0.15) is 0 Å². The molecule has 0 radical (unpaired) electrons. The molecule has 1 aliphatic rings. The maximum atomic E-state index is 12.0. The number of carbonyl (C=O) groups is 1. The first-order valence-corrected chi connectivity index (χ1v) is 6.89. The molecule has 0 aliphatic carbocycles. The third kappa shape index (κ3) is 4.11. The number of piperidine rings is 1. The molecule has 1 fully saturated rings. The highest BCUT2D eigenvalue weighted by Crippen LogP contribution is 2.23. The molecule has 5 heteroatoms. The smallest absolute Gasteiger partial charge is 0.224 e. The van der Waals surface area contributed by atoms with Crippen LogP contribution in [0.5, 0.6) is 5.75 Å². The zero-order valence-corrected chi connectivity index (χ0v) is 11.8. The van der Waals surface area contributed by atoms with Crippen LogP contribution < -0.4 is 15.4 Å². The SMILES string of the molecule is COc1ccc(Cl)cc1CC(=O)NC1CCCNC1. The van der Waals surface area contributed by atoms with Crippen LogP contribution in [0.15, 0.2) is 18.2 Å². The number of hydrogen-bond donors (Lipinski definition) is 2. The largest absolute Gasteiger partial charge is 0.496 e. The summed E-state index contributed by atoms with van der Waals surface area (Å²) < 4.78 is 5.24. The van der Waals surface area contributed by atoms with Gasteiger partial charge in [0.1, 0.15) is 5.75 Å². The highest BCUT2D eigenvalue weighted by atomic mass is 35.5. The Balaban J connectivity index is 1.95. The fraction of sp³-hybridized carbons (Fsp3) is 0.500. The lowest BCUT2D eigenvalue weighted by atomic mass is 10.1. The van der Waals surface area contributed by atoms with E-state index in [0.29, 0.717) is 17.2 Å². The van der Waals surface area contributed by atoms with Gasteiger partial charge in [-0.15, -0.1) is 0 Å². The van der Waals surface area contributed by atoms with Crippen molar-refractivity contribution in [1.29, 1.82) is 0 Å². The van der Waals surface area contributed by atoms with Crippen molar-refractivity contribution in [1.82, 2.24) is 10.6 Å². The molecule has 1 aromatic carbocycles. The van der Waals surface area contributed by atoms with Crippen molar-refractivity contribution in [3.8, 4) is 5.75 Å². The second-order valence-corrected chi connectivity index (χ2v) is 5.18. The average Bonchev–Trinajstić information content (AvgIpc) is 2.40. The molecular weight excluding hydrogens is 264 g/mol. The van der Waals surface area contributed by atoms with Gasteiger partial charge in [-0.1, -0.05) is 11.6 Å². The Morgan fingerprint density at radius 3 is 3.11 bits per heavy atom. The van der Waals surface area contributed by atoms with E-state index in [0.717, 1.165) is 31.5 Å². The quantitative estimate of drug-likeness (QED) is 0.885. The number of ether oxygens (including phenoxy) is 1. The summed E-state index contributed by atoms with van der Waals surface area (Å²) in [5, 5.41) is 6.93. The molecule has 1 atom stereocenters. The van der Waals surface area contributed by atoms with E-state index in [9.17, 15) is 4.79 Å². The van der Waals surface area contributed by atoms with Crippen molar-refractivity contribution in [3.63, 3.8) is 0 Å². The fourth-order valence-corrected chi connectivity index (χ4v) is 2.51. The van der Waals surface area contributed by atoms with E-state index in [2.05, 4.69) is 10.6 Å². The lowest BCUT2D eigenvalue weighted by molar-refractivity contribution is -0.121. The summed E-state index contributed by atoms with van der Waals surface area (Å²) in [5.74, 6) is 0.704. The summed E-state index contributed by atoms with van der Waals surface area (Å²) in [7, 11) is 1.59. The van der Waals surface area contributed by atoms with E-state index < -0.39 is 0 Å². The van der Waals surface area contributed by atoms with Gasteiger partial charge in [0.25, 0.3) is 0 Å². The Morgan fingerprint density at radius 2 is 2.42 bits per heavy atom. The maximum absolute atomic E-state index is 12.0. The number of rotatable bonds is 4. The minimum absolute atomic E-state index is 0.00858. The standard InChI is InChI=1S/C14H19ClN2O2/c1-19-13-5-4-11(15)7-10(13)8-14(18)17-12-3-2-6-16-9-12/h4-5,7,12,16H,2-3,6,8-9H2,1H3,(H,17,18). The summed E-state index contributed by atoms with van der Waals surface area (Å²) in [4.78, 5) is 12.0. The highest BCUT2D eigenvalue weighted by molar-refractivity contribution is 6.30. The third-order valence-electron chi connectivity index (χ3n) is 3.26. The molecule has 1 aliphatic heterocycles. The summed E-state index contributed by atoms with van der Waals surface area (Å²) in [6, 6.07) is 5.55. The molecular formula is C14H19ClN2O2. The lowest BCUT2D eigenvalue weighted by Gasteiger charge is -2.24. The summed E-state index contributed by atoms with van der Waals surface area (Å²) >= 11 is 5.95. The predicted octanol–water partition coefficient (Wildman–Crippen LogP) is 1.76. The summed E-state index contributed by atoms with van der Waals surface area (Å²) in [6.07, 6.45) is 2.43. The van der Waals surface area contributed by atoms with Crippen LogP contribution in [0.3, 0.4) is 0 Å². The highest BCUT2D eigenvalue weighted by Gasteiger charge is 2.16. The minimum atomic E-state index is 0.00858. The Bertz CT molecular complexity index is 445. The molecule has 2 N–H and O–H groups in total. The van der Waals surface area contributed by atoms with E-state index in [4.69, 9.17) is 16.3 Å². The molecule has 1 unspecified atom stereocenters. The molecule has 1 saturated heterocycles. The molecule has 0 saturated carbocycles. The number of hydrogen-bond acceptors (Lipinski definition) is 3. The first kappa shape index (κ1) is 14.2. The average molecular weight is 283 g/mol. The second-order valence-electron chi connectivity index (χ2n) is 4.74. The van der Waals surface area contributed by atoms with Crippen molar-refractivity contribution < 1.29 is 9.53 Å². The first-order valence-electron chi connectivity index (χ1n) is 6.51. The third-order valence-corrected chi connectivity index (χ3v) is 3.49. The normalized spacial score (nSPS) is 18.9. The van der Waals surface area contributed by atoms with Gasteiger partial charge in [-0.25, -0.2) is 0 Å². The summed E-state index contributed by atoms with van der Waals surface area (Å²) in [6.45, 7) is 1.88. The first-order chi connectivity index (χ1) is 9.19. The Hall–Kier alpha value is -1.26. The molecule has 1 heterocycles. The van der Waals surface area contributed by atoms with Crippen LogP contribution in [-0.4, -0.2) is 32.1 Å². The van der Waals surface area contributed by atoms with Gasteiger partial charge in [0.15, 0.2) is 0 Å². The lowest BCUT2D eigenvalue weighted by Crippen LogP contribution is -2.46. The summed E-state index contributed by atoms with van der Waals surface area (Å²) in [5.41, 5.74) is 0.816. The maximum Gasteiger partial charge on any atom is 0.224 e. The van der Waals surface area contributed by atoms with Crippen molar-refractivity contribution in [2.45, 2.75) is 25.3 Å². The van der Waals surface area contributed by atoms with Crippen molar-refractivity contribution in [3.05, 3.63) is 28.8 Å². The van der Waals surface area contributed by atoms with Gasteiger partial charge in [-0.3, -0.25) is 4.79 Å². The topological polar surface area (TPSA) is 50.4 Å². The van der Waals surface area contributed by atoms with E-state index >= 15 is 0 Å². The van der Waals surface area contributed by atoms with Crippen LogP contribution in [0.25, 0.3) is 0 Å². The van der Waals surface area contributed by atoms with Gasteiger partial charge in [0.2, 0.25) is 5.91 Å². The van der Waals surface area contributed by atoms with Crippen molar-refractivity contribution in [2.75, 3.05) is 20.2 Å². The van der Waals surface area contributed by atoms with Gasteiger partial charge in [0, 0.05) is 23.2 Å². The molecule has 0 aromatic heterocycles. The van der Waals surface area contributed by atoms with Crippen LogP contribution >= 0.6 is 11.6 Å². The molecule has 104 valence electrons. The van der Waals surface area contributed by atoms with Gasteiger partial charge in [0.05, 0.1) is 13.5 Å². The van der Waals surface area contributed by atoms with Crippen LogP contribution in [0.2, 0.25) is 5.02 Å². The Kier molecular flexibility index (Phi) is 5.05. The van der Waals surface area contributed by atoms with E-state index in [1.165, 1.54) is 0 Å². The van der Waals surface area contributed by atoms with Crippen molar-refractivity contribution >= 4 is 17.5 Å². The Labute approximate surface area is 118 Å². The van der Waals surface area contributed by atoms with Crippen LogP contribution in [-0.2, 0) is 11.2 Å². The fourth-order valence-electron chi connectivity index (χ4n) is 2.31. The van der Waals surface area contributed by atoms with Gasteiger partial charge < -0.3 is 15.4 Å². The number of nitrogens with one attached hydrogen (secondary N) is 2. The monoisotopic (exact) mass is 282 g/mol. The molecule has 19 heavy (non-hydrogen) atoms. The molecule has 1 amide bonds. The zero-order chi connectivity index (χ0) is 13.7. The van der Waals surface area contributed by atoms with Crippen LogP contribution in [0.4, 0.5) is 0 Å². The van der Waals surface area contributed by atoms with Gasteiger partial charge >= 0.3 is 0 Å². The molecule has 4 nitrogen and oxygen atoms in total. The van der Waals surface area contributed by atoms with E-state index in [1.54, 1.807) is 25.3 Å². The number of amides is 1. The zero-order valence-electron chi connectivity index (χ0n) is 11.0. The molecule has 2 rings (SSSR count). The van der Waals surface area contributed by atoms with E-state index in [-0.39, 0.29) is 11.9 Å². The van der Waals surface area contributed by atoms with Gasteiger partial charge in [-0.05, 0) is 37.6 Å². The van der Waals surface area contributed by atoms with Crippen molar-refractivity contribution in [2.24, 2.45) is 0 Å².